The van der Waals surface area contributed by atoms with Crippen LogP contribution in [0.1, 0.15) is 71.1 Å². The van der Waals surface area contributed by atoms with Gasteiger partial charge in [0.1, 0.15) is 13.2 Å². The Kier molecular flexibility index (Phi) is 8.44. The van der Waals surface area contributed by atoms with Crippen molar-refractivity contribution >= 4 is 23.9 Å². The number of rotatable bonds is 21. The normalized spacial score (nSPS) is 32.5. The summed E-state index contributed by atoms with van der Waals surface area (Å²) in [6.45, 7) is 10.1. The van der Waals surface area contributed by atoms with Crippen LogP contribution in [0.2, 0.25) is 0 Å². The molecule has 0 aromatic carbocycles. The molecule has 0 unspecified atom stereocenters. The molecule has 6 rings (SSSR count). The molecule has 0 aromatic rings. The number of hydrogen-bond donors (Lipinski definition) is 0. The number of carbonyl (C=O) groups excluding carboxylic acids is 4. The molecule has 0 radical (unpaired) electrons. The highest BCUT2D eigenvalue weighted by atomic mass is 16.6. The van der Waals surface area contributed by atoms with Crippen LogP contribution in [-0.2, 0) is 38.1 Å². The highest BCUT2D eigenvalue weighted by molar-refractivity contribution is 5.81. The number of ether oxygens (including phenoxy) is 4. The Morgan fingerprint density at radius 3 is 1.52 bits per heavy atom. The SMILES string of the molecule is C=CC(=O)OCCCCCC(=O)OCC(CC)(COC(=O)CCCCCOC(=O)C=C)CC12C3C4C5C3C1C5C42. The lowest BCUT2D eigenvalue weighted by atomic mass is 8.96. The summed E-state index contributed by atoms with van der Waals surface area (Å²) in [5.74, 6) is 5.26. The smallest absolute Gasteiger partial charge is 0.330 e. The van der Waals surface area contributed by atoms with Crippen LogP contribution in [0.15, 0.2) is 25.3 Å². The summed E-state index contributed by atoms with van der Waals surface area (Å²) in [5.41, 5.74) is 0.0816. The summed E-state index contributed by atoms with van der Waals surface area (Å²) in [4.78, 5) is 47.4. The third-order valence-electron chi connectivity index (χ3n) is 11.1. The van der Waals surface area contributed by atoms with E-state index in [1.54, 1.807) is 0 Å². The van der Waals surface area contributed by atoms with Gasteiger partial charge in [0, 0.05) is 30.4 Å². The van der Waals surface area contributed by atoms with Crippen molar-refractivity contribution < 1.29 is 38.1 Å². The van der Waals surface area contributed by atoms with Gasteiger partial charge < -0.3 is 18.9 Å². The van der Waals surface area contributed by atoms with Crippen LogP contribution in [0, 0.1) is 52.3 Å². The van der Waals surface area contributed by atoms with Gasteiger partial charge in [-0.1, -0.05) is 20.1 Å². The van der Waals surface area contributed by atoms with Crippen molar-refractivity contribution in [3.63, 3.8) is 0 Å². The summed E-state index contributed by atoms with van der Waals surface area (Å²) in [6, 6.07) is 0. The van der Waals surface area contributed by atoms with E-state index in [-0.39, 0.29) is 17.4 Å². The molecule has 6 aliphatic carbocycles. The molecule has 0 spiro atoms. The van der Waals surface area contributed by atoms with Gasteiger partial charge in [-0.3, -0.25) is 9.59 Å². The molecule has 0 N–H and O–H groups in total. The summed E-state index contributed by atoms with van der Waals surface area (Å²) in [7, 11) is 0. The maximum absolute atomic E-state index is 12.6. The van der Waals surface area contributed by atoms with E-state index in [0.717, 1.165) is 79.3 Å². The second kappa shape index (κ2) is 11.7. The van der Waals surface area contributed by atoms with Crippen LogP contribution >= 0.6 is 0 Å². The third-order valence-corrected chi connectivity index (χ3v) is 11.1. The minimum Gasteiger partial charge on any atom is -0.465 e. The molecule has 8 heteroatoms. The Bertz CT molecular complexity index is 931. The van der Waals surface area contributed by atoms with Gasteiger partial charge in [0.15, 0.2) is 0 Å². The molecule has 0 amide bonds. The van der Waals surface area contributed by atoms with E-state index in [2.05, 4.69) is 20.1 Å². The zero-order valence-electron chi connectivity index (χ0n) is 23.8. The van der Waals surface area contributed by atoms with E-state index in [9.17, 15) is 19.2 Å². The average Bonchev–Trinajstić information content (AvgIpc) is 2.97. The van der Waals surface area contributed by atoms with Crippen LogP contribution in [0.5, 0.6) is 0 Å². The monoisotopic (exact) mass is 556 g/mol. The largest absolute Gasteiger partial charge is 0.465 e. The maximum atomic E-state index is 12.6. The van der Waals surface area contributed by atoms with Crippen LogP contribution < -0.4 is 0 Å². The molecule has 0 heterocycles. The average molecular weight is 557 g/mol. The Hall–Kier alpha value is -2.64. The maximum Gasteiger partial charge on any atom is 0.330 e. The fourth-order valence-corrected chi connectivity index (χ4v) is 9.32. The topological polar surface area (TPSA) is 105 Å². The Balaban J connectivity index is 1.06. The lowest BCUT2D eigenvalue weighted by Gasteiger charge is -3.08. The van der Waals surface area contributed by atoms with Crippen molar-refractivity contribution in [2.75, 3.05) is 26.4 Å². The van der Waals surface area contributed by atoms with Crippen molar-refractivity contribution in [3.05, 3.63) is 25.3 Å². The predicted molar refractivity (Wildman–Crippen MR) is 145 cm³/mol. The van der Waals surface area contributed by atoms with Crippen LogP contribution in [0.4, 0.5) is 0 Å². The number of esters is 4. The molecular weight excluding hydrogens is 512 g/mol. The molecule has 0 atom stereocenters. The number of carbonyl (C=O) groups is 4. The standard InChI is InChI=1S/C32H44O8/c1-4-20(33)37-15-11-7-9-13-22(35)39-18-31(6-3,17-32-28-25-24-26(28)30(32)27(24)29(25)32)19-40-23(36)14-10-8-12-16-38-21(34)5-2/h4-5,24-30H,1-2,6-19H2,3H3. The molecule has 0 aliphatic heterocycles. The van der Waals surface area contributed by atoms with Gasteiger partial charge in [-0.2, -0.15) is 0 Å². The van der Waals surface area contributed by atoms with Crippen molar-refractivity contribution in [1.82, 2.24) is 0 Å². The molecule has 0 aromatic heterocycles. The summed E-state index contributed by atoms with van der Waals surface area (Å²) in [6.07, 6.45) is 9.00. The highest BCUT2D eigenvalue weighted by Crippen LogP contribution is 3.07. The van der Waals surface area contributed by atoms with Gasteiger partial charge in [-0.15, -0.1) is 0 Å². The van der Waals surface area contributed by atoms with Crippen molar-refractivity contribution in [2.24, 2.45) is 52.3 Å². The van der Waals surface area contributed by atoms with Gasteiger partial charge in [-0.25, -0.2) is 9.59 Å². The third kappa shape index (κ3) is 4.69. The van der Waals surface area contributed by atoms with E-state index in [1.807, 2.05) is 0 Å². The van der Waals surface area contributed by atoms with Gasteiger partial charge >= 0.3 is 23.9 Å². The molecule has 0 bridgehead atoms. The fourth-order valence-electron chi connectivity index (χ4n) is 9.32. The summed E-state index contributed by atoms with van der Waals surface area (Å²) in [5, 5.41) is 0. The molecular formula is C32H44O8. The van der Waals surface area contributed by atoms with Gasteiger partial charge in [-0.05, 0) is 98.2 Å². The zero-order valence-corrected chi connectivity index (χ0v) is 23.8. The first-order chi connectivity index (χ1) is 19.3. The molecule has 8 nitrogen and oxygen atoms in total. The van der Waals surface area contributed by atoms with Crippen molar-refractivity contribution in [3.8, 4) is 0 Å². The molecule has 0 saturated heterocycles. The number of unbranched alkanes of at least 4 members (excludes halogenated alkanes) is 4. The van der Waals surface area contributed by atoms with Crippen LogP contribution in [0.25, 0.3) is 0 Å². The lowest BCUT2D eigenvalue weighted by Crippen LogP contribution is -3.05. The first-order valence-corrected chi connectivity index (χ1v) is 15.2. The zero-order chi connectivity index (χ0) is 28.5. The Morgan fingerprint density at radius 1 is 0.675 bits per heavy atom. The molecule has 6 saturated carbocycles. The molecule has 6 fully saturated rings. The van der Waals surface area contributed by atoms with E-state index in [0.29, 0.717) is 70.4 Å². The quantitative estimate of drug-likeness (QED) is 0.0859. The van der Waals surface area contributed by atoms with E-state index in [1.165, 1.54) is 0 Å². The van der Waals surface area contributed by atoms with Gasteiger partial charge in [0.25, 0.3) is 0 Å². The first-order valence-electron chi connectivity index (χ1n) is 15.2. The van der Waals surface area contributed by atoms with Crippen LogP contribution in [0.3, 0.4) is 0 Å². The second-order valence-corrected chi connectivity index (χ2v) is 12.7. The fraction of sp³-hybridized carbons (Fsp3) is 0.750. The van der Waals surface area contributed by atoms with Crippen molar-refractivity contribution in [2.45, 2.75) is 71.1 Å². The Morgan fingerprint density at radius 2 is 1.12 bits per heavy atom. The highest BCUT2D eigenvalue weighted by Gasteiger charge is 3.03. The molecule has 6 aliphatic rings. The van der Waals surface area contributed by atoms with Gasteiger partial charge in [0.2, 0.25) is 0 Å². The minimum absolute atomic E-state index is 0.223. The number of hydrogen-bond acceptors (Lipinski definition) is 8. The second-order valence-electron chi connectivity index (χ2n) is 12.7. The lowest BCUT2D eigenvalue weighted by molar-refractivity contribution is -0.619. The van der Waals surface area contributed by atoms with Crippen molar-refractivity contribution in [1.29, 1.82) is 0 Å². The Labute approximate surface area is 237 Å². The van der Waals surface area contributed by atoms with Gasteiger partial charge in [0.05, 0.1) is 13.2 Å². The minimum atomic E-state index is -0.432. The first kappa shape index (κ1) is 28.9. The van der Waals surface area contributed by atoms with E-state index in [4.69, 9.17) is 18.9 Å². The molecule has 40 heavy (non-hydrogen) atoms. The molecule has 220 valence electrons. The summed E-state index contributed by atoms with van der Waals surface area (Å²) < 4.78 is 21.6. The predicted octanol–water partition coefficient (Wildman–Crippen LogP) is 4.81. The van der Waals surface area contributed by atoms with E-state index < -0.39 is 11.9 Å². The van der Waals surface area contributed by atoms with E-state index >= 15 is 0 Å². The van der Waals surface area contributed by atoms with Crippen LogP contribution in [-0.4, -0.2) is 50.3 Å². The summed E-state index contributed by atoms with van der Waals surface area (Å²) >= 11 is 0.